The van der Waals surface area contributed by atoms with Crippen molar-refractivity contribution in [2.75, 3.05) is 23.7 Å². The van der Waals surface area contributed by atoms with Gasteiger partial charge in [-0.15, -0.1) is 16.9 Å². The van der Waals surface area contributed by atoms with Crippen LogP contribution in [0.25, 0.3) is 5.82 Å². The van der Waals surface area contributed by atoms with E-state index in [-0.39, 0.29) is 17.3 Å². The molecule has 2 aromatic heterocycles. The number of carbonyl (C=O) groups is 1. The van der Waals surface area contributed by atoms with Crippen LogP contribution in [0, 0.1) is 0 Å². The maximum Gasteiger partial charge on any atom is 0.293 e. The number of carbonyl (C=O) groups excluding carboxylic acids is 1. The van der Waals surface area contributed by atoms with E-state index < -0.39 is 5.91 Å². The van der Waals surface area contributed by atoms with Gasteiger partial charge in [0, 0.05) is 29.4 Å². The van der Waals surface area contributed by atoms with Gasteiger partial charge in [0.2, 0.25) is 11.6 Å². The minimum Gasteiger partial charge on any atom is -0.378 e. The zero-order chi connectivity index (χ0) is 24.6. The highest BCUT2D eigenvalue weighted by Gasteiger charge is 2.24. The first kappa shape index (κ1) is 24.0. The summed E-state index contributed by atoms with van der Waals surface area (Å²) >= 11 is 1.51. The lowest BCUT2D eigenvalue weighted by molar-refractivity contribution is 0.0949. The largest absolute Gasteiger partial charge is 0.378 e. The number of nitrogens with zero attached hydrogens (tertiary/aromatic N) is 7. The Hall–Kier alpha value is -4.19. The summed E-state index contributed by atoms with van der Waals surface area (Å²) in [5.74, 6) is 0.0738. The summed E-state index contributed by atoms with van der Waals surface area (Å²) in [6.45, 7) is 6.10. The van der Waals surface area contributed by atoms with E-state index in [4.69, 9.17) is 10.4 Å². The Morgan fingerprint density at radius 1 is 1.14 bits per heavy atom. The minimum absolute atomic E-state index is 0.0407. The molecule has 0 unspecified atom stereocenters. The predicted octanol–water partition coefficient (Wildman–Crippen LogP) is 3.13. The van der Waals surface area contributed by atoms with Crippen molar-refractivity contribution in [3.05, 3.63) is 71.5 Å². The van der Waals surface area contributed by atoms with Crippen LogP contribution in [0.2, 0.25) is 0 Å². The van der Waals surface area contributed by atoms with Crippen molar-refractivity contribution in [1.82, 2.24) is 30.7 Å². The van der Waals surface area contributed by atoms with Crippen molar-refractivity contribution in [2.45, 2.75) is 24.5 Å². The fourth-order valence-electron chi connectivity index (χ4n) is 3.36. The lowest BCUT2D eigenvalue weighted by atomic mass is 10.2. The average Bonchev–Trinajstić information content (AvgIpc) is 3.50. The Labute approximate surface area is 206 Å². The zero-order valence-corrected chi connectivity index (χ0v) is 20.1. The molecule has 2 aromatic carbocycles. The number of hydrogen-bond acceptors (Lipinski definition) is 10. The number of amides is 1. The number of nitrogens with two attached hydrogens (primary N) is 1. The maximum atomic E-state index is 12.9. The van der Waals surface area contributed by atoms with Crippen LogP contribution in [-0.4, -0.2) is 50.5 Å². The Balaban J connectivity index is 1.50. The number of rotatable bonds is 10. The Morgan fingerprint density at radius 3 is 2.54 bits per heavy atom. The topological polar surface area (TPSA) is 140 Å². The molecule has 4 aromatic rings. The second-order valence-corrected chi connectivity index (χ2v) is 8.38. The van der Waals surface area contributed by atoms with Gasteiger partial charge >= 0.3 is 0 Å². The van der Waals surface area contributed by atoms with Crippen LogP contribution >= 0.6 is 11.8 Å². The third-order valence-electron chi connectivity index (χ3n) is 5.19. The van der Waals surface area contributed by atoms with Crippen LogP contribution in [0.15, 0.2) is 69.2 Å². The van der Waals surface area contributed by atoms with Gasteiger partial charge in [0.25, 0.3) is 5.91 Å². The molecule has 0 atom stereocenters. The summed E-state index contributed by atoms with van der Waals surface area (Å²) in [7, 11) is 0. The van der Waals surface area contributed by atoms with Crippen LogP contribution in [-0.2, 0) is 5.75 Å². The number of hydrazone groups is 1. The highest BCUT2D eigenvalue weighted by atomic mass is 32.2. The number of thioether (sulfide) groups is 1. The van der Waals surface area contributed by atoms with Crippen molar-refractivity contribution in [3.63, 3.8) is 0 Å². The Kier molecular flexibility index (Phi) is 7.73. The van der Waals surface area contributed by atoms with E-state index in [1.165, 1.54) is 16.4 Å². The van der Waals surface area contributed by atoms with Gasteiger partial charge in [0.1, 0.15) is 0 Å². The van der Waals surface area contributed by atoms with Crippen LogP contribution in [0.3, 0.4) is 0 Å². The molecule has 0 aliphatic carbocycles. The lowest BCUT2D eigenvalue weighted by Crippen LogP contribution is -2.21. The molecular formula is C23H25N9O2S. The molecule has 180 valence electrons. The van der Waals surface area contributed by atoms with Gasteiger partial charge in [-0.1, -0.05) is 35.5 Å². The first-order chi connectivity index (χ1) is 17.1. The first-order valence-corrected chi connectivity index (χ1v) is 12.0. The van der Waals surface area contributed by atoms with Gasteiger partial charge < -0.3 is 10.6 Å². The SMILES string of the molecule is CCN(CC)c1ccc(/C=N\NC(=O)c2nnn(-c3nonc3N)c2CSc2ccccc2)cc1. The molecule has 0 radical (unpaired) electrons. The van der Waals surface area contributed by atoms with E-state index in [0.29, 0.717) is 11.4 Å². The molecule has 0 saturated heterocycles. The summed E-state index contributed by atoms with van der Waals surface area (Å²) < 4.78 is 6.04. The number of benzene rings is 2. The quantitative estimate of drug-likeness (QED) is 0.194. The van der Waals surface area contributed by atoms with Crippen molar-refractivity contribution in [2.24, 2.45) is 5.10 Å². The zero-order valence-electron chi connectivity index (χ0n) is 19.3. The minimum atomic E-state index is -0.508. The highest BCUT2D eigenvalue weighted by Crippen LogP contribution is 2.25. The molecule has 1 amide bonds. The molecule has 2 heterocycles. The van der Waals surface area contributed by atoms with Crippen molar-refractivity contribution in [3.8, 4) is 5.82 Å². The molecule has 0 aliphatic heterocycles. The summed E-state index contributed by atoms with van der Waals surface area (Å²) in [6.07, 6.45) is 1.58. The molecule has 35 heavy (non-hydrogen) atoms. The summed E-state index contributed by atoms with van der Waals surface area (Å²) in [5.41, 5.74) is 10.9. The standard InChI is InChI=1S/C23H25N9O2S/c1-3-31(4-2)17-12-10-16(11-13-17)14-25-27-23(33)20-19(15-35-18-8-6-5-7-9-18)32(30-26-20)22-21(24)28-34-29-22/h5-14H,3-4,15H2,1-2H3,(H2,24,28)(H,27,33)/b25-14-. The summed E-state index contributed by atoms with van der Waals surface area (Å²) in [4.78, 5) is 16.2. The number of anilines is 2. The third-order valence-corrected chi connectivity index (χ3v) is 6.22. The van der Waals surface area contributed by atoms with E-state index in [1.807, 2.05) is 54.6 Å². The van der Waals surface area contributed by atoms with Crippen LogP contribution in [0.1, 0.15) is 35.6 Å². The van der Waals surface area contributed by atoms with Gasteiger partial charge in [-0.2, -0.15) is 9.78 Å². The van der Waals surface area contributed by atoms with E-state index in [9.17, 15) is 4.79 Å². The molecule has 0 saturated carbocycles. The molecule has 0 bridgehead atoms. The van der Waals surface area contributed by atoms with Crippen LogP contribution in [0.5, 0.6) is 0 Å². The van der Waals surface area contributed by atoms with Gasteiger partial charge in [-0.05, 0) is 54.0 Å². The fraction of sp³-hybridized carbons (Fsp3) is 0.217. The number of nitrogen functional groups attached to an aromatic ring is 1. The number of hydrogen-bond donors (Lipinski definition) is 2. The lowest BCUT2D eigenvalue weighted by Gasteiger charge is -2.20. The predicted molar refractivity (Wildman–Crippen MR) is 135 cm³/mol. The van der Waals surface area contributed by atoms with Gasteiger partial charge in [-0.3, -0.25) is 4.79 Å². The maximum absolute atomic E-state index is 12.9. The monoisotopic (exact) mass is 491 g/mol. The van der Waals surface area contributed by atoms with Gasteiger partial charge in [0.05, 0.1) is 11.9 Å². The van der Waals surface area contributed by atoms with Gasteiger partial charge in [-0.25, -0.2) is 10.1 Å². The molecule has 0 fully saturated rings. The van der Waals surface area contributed by atoms with E-state index in [0.717, 1.165) is 29.2 Å². The first-order valence-electron chi connectivity index (χ1n) is 11.0. The summed E-state index contributed by atoms with van der Waals surface area (Å²) in [5, 5.41) is 19.6. The summed E-state index contributed by atoms with van der Waals surface area (Å²) in [6, 6.07) is 17.7. The van der Waals surface area contributed by atoms with E-state index >= 15 is 0 Å². The normalized spacial score (nSPS) is 11.1. The molecule has 0 aliphatic rings. The Bertz CT molecular complexity index is 1280. The van der Waals surface area contributed by atoms with E-state index in [1.54, 1.807) is 6.21 Å². The molecule has 3 N–H and O–H groups in total. The Morgan fingerprint density at radius 2 is 1.89 bits per heavy atom. The van der Waals surface area contributed by atoms with Crippen molar-refractivity contribution >= 4 is 35.4 Å². The molecule has 11 nitrogen and oxygen atoms in total. The van der Waals surface area contributed by atoms with Crippen molar-refractivity contribution < 1.29 is 9.42 Å². The molecular weight excluding hydrogens is 466 g/mol. The highest BCUT2D eigenvalue weighted by molar-refractivity contribution is 7.98. The van der Waals surface area contributed by atoms with E-state index in [2.05, 4.69) is 49.9 Å². The second-order valence-electron chi connectivity index (χ2n) is 7.33. The molecule has 0 spiro atoms. The number of nitrogens with one attached hydrogen (secondary N) is 1. The third kappa shape index (κ3) is 5.66. The molecule has 12 heteroatoms. The van der Waals surface area contributed by atoms with Crippen LogP contribution < -0.4 is 16.1 Å². The van der Waals surface area contributed by atoms with Crippen LogP contribution in [0.4, 0.5) is 11.5 Å². The molecule has 4 rings (SSSR count). The van der Waals surface area contributed by atoms with Gasteiger partial charge in [0.15, 0.2) is 5.69 Å². The number of aromatic nitrogens is 5. The second kappa shape index (κ2) is 11.3. The smallest absolute Gasteiger partial charge is 0.293 e. The average molecular weight is 492 g/mol. The fourth-order valence-corrected chi connectivity index (χ4v) is 4.27. The van der Waals surface area contributed by atoms with Crippen molar-refractivity contribution in [1.29, 1.82) is 0 Å².